The number of anilines is 1. The third-order valence-electron chi connectivity index (χ3n) is 4.37. The fourth-order valence-corrected chi connectivity index (χ4v) is 4.02. The molecule has 1 atom stereocenters. The molecule has 8 heteroatoms. The molecule has 1 heterocycles. The summed E-state index contributed by atoms with van der Waals surface area (Å²) in [6.45, 7) is 3.08. The molecule has 3 rings (SSSR count). The summed E-state index contributed by atoms with van der Waals surface area (Å²) in [7, 11) is -3.74. The Labute approximate surface area is 165 Å². The van der Waals surface area contributed by atoms with Gasteiger partial charge in [0.15, 0.2) is 0 Å². The van der Waals surface area contributed by atoms with Crippen LogP contribution in [0.5, 0.6) is 5.75 Å². The predicted octanol–water partition coefficient (Wildman–Crippen LogP) is 2.79. The molecule has 1 aliphatic heterocycles. The van der Waals surface area contributed by atoms with Gasteiger partial charge in [0.1, 0.15) is 5.75 Å². The molecule has 150 valence electrons. The number of benzene rings is 2. The summed E-state index contributed by atoms with van der Waals surface area (Å²) in [4.78, 5) is 12.5. The number of rotatable bonds is 8. The summed E-state index contributed by atoms with van der Waals surface area (Å²) >= 11 is 0. The highest BCUT2D eigenvalue weighted by molar-refractivity contribution is 7.89. The minimum atomic E-state index is -3.74. The molecule has 0 aromatic heterocycles. The van der Waals surface area contributed by atoms with Crippen LogP contribution >= 0.6 is 0 Å². The molecule has 0 aliphatic carbocycles. The zero-order chi connectivity index (χ0) is 20.0. The molecule has 1 saturated heterocycles. The maximum atomic E-state index is 12.6. The number of ether oxygens (including phenoxy) is 2. The maximum Gasteiger partial charge on any atom is 0.255 e. The topological polar surface area (TPSA) is 93.7 Å². The normalized spacial score (nSPS) is 16.7. The molecule has 0 bridgehead atoms. The Morgan fingerprint density at radius 1 is 1.21 bits per heavy atom. The Hall–Kier alpha value is -2.42. The largest absolute Gasteiger partial charge is 0.492 e. The average molecular weight is 404 g/mol. The average Bonchev–Trinajstić information content (AvgIpc) is 3.22. The van der Waals surface area contributed by atoms with Gasteiger partial charge >= 0.3 is 0 Å². The molecule has 2 aromatic rings. The summed E-state index contributed by atoms with van der Waals surface area (Å²) < 4.78 is 38.9. The van der Waals surface area contributed by atoms with Crippen molar-refractivity contribution in [3.63, 3.8) is 0 Å². The van der Waals surface area contributed by atoms with Crippen molar-refractivity contribution in [1.29, 1.82) is 0 Å². The van der Waals surface area contributed by atoms with Gasteiger partial charge in [0.05, 0.1) is 23.3 Å². The van der Waals surface area contributed by atoms with E-state index in [2.05, 4.69) is 10.0 Å². The van der Waals surface area contributed by atoms with E-state index in [4.69, 9.17) is 9.47 Å². The van der Waals surface area contributed by atoms with E-state index in [0.29, 0.717) is 30.2 Å². The number of hydrogen-bond acceptors (Lipinski definition) is 5. The molecule has 1 fully saturated rings. The van der Waals surface area contributed by atoms with Gasteiger partial charge in [0, 0.05) is 18.7 Å². The van der Waals surface area contributed by atoms with Crippen LogP contribution in [0.4, 0.5) is 5.69 Å². The lowest BCUT2D eigenvalue weighted by atomic mass is 10.2. The van der Waals surface area contributed by atoms with Crippen molar-refractivity contribution in [2.24, 2.45) is 0 Å². The van der Waals surface area contributed by atoms with Gasteiger partial charge in [-0.25, -0.2) is 13.1 Å². The van der Waals surface area contributed by atoms with Crippen molar-refractivity contribution in [2.75, 3.05) is 25.1 Å². The van der Waals surface area contributed by atoms with Crippen molar-refractivity contribution >= 4 is 21.6 Å². The van der Waals surface area contributed by atoms with E-state index in [1.807, 2.05) is 13.0 Å². The second-order valence-corrected chi connectivity index (χ2v) is 8.17. The number of nitrogens with one attached hydrogen (secondary N) is 2. The molecular formula is C20H24N2O5S. The van der Waals surface area contributed by atoms with Crippen molar-refractivity contribution < 1.29 is 22.7 Å². The molecule has 1 aliphatic rings. The van der Waals surface area contributed by atoms with Crippen LogP contribution in [-0.2, 0) is 14.8 Å². The standard InChI is InChI=1S/C20H24N2O5S/c1-2-26-19-11-10-17(28(24,25)21-14-16-9-6-12-27-16)13-18(19)22-20(23)15-7-4-3-5-8-15/h3-5,7-8,10-11,13,16,21H,2,6,9,12,14H2,1H3,(H,22,23)/t16-/m0/s1. The van der Waals surface area contributed by atoms with Crippen LogP contribution in [0.1, 0.15) is 30.1 Å². The number of amides is 1. The number of carbonyl (C=O) groups is 1. The Morgan fingerprint density at radius 2 is 2.00 bits per heavy atom. The third-order valence-corrected chi connectivity index (χ3v) is 5.79. The zero-order valence-electron chi connectivity index (χ0n) is 15.7. The Kier molecular flexibility index (Phi) is 6.66. The molecule has 2 aromatic carbocycles. The zero-order valence-corrected chi connectivity index (χ0v) is 16.5. The summed E-state index contributed by atoms with van der Waals surface area (Å²) in [5.41, 5.74) is 0.769. The molecule has 2 N–H and O–H groups in total. The van der Waals surface area contributed by atoms with E-state index in [0.717, 1.165) is 12.8 Å². The lowest BCUT2D eigenvalue weighted by molar-refractivity contribution is 0.102. The smallest absolute Gasteiger partial charge is 0.255 e. The highest BCUT2D eigenvalue weighted by atomic mass is 32.2. The Bertz CT molecular complexity index is 909. The monoisotopic (exact) mass is 404 g/mol. The Balaban J connectivity index is 1.80. The van der Waals surface area contributed by atoms with E-state index in [1.165, 1.54) is 12.1 Å². The van der Waals surface area contributed by atoms with E-state index in [9.17, 15) is 13.2 Å². The summed E-state index contributed by atoms with van der Waals surface area (Å²) in [6.07, 6.45) is 1.67. The minimum absolute atomic E-state index is 0.0531. The molecule has 28 heavy (non-hydrogen) atoms. The first-order chi connectivity index (χ1) is 13.5. The lowest BCUT2D eigenvalue weighted by Crippen LogP contribution is -2.31. The highest BCUT2D eigenvalue weighted by Gasteiger charge is 2.22. The first kappa shape index (κ1) is 20.3. The third kappa shape index (κ3) is 5.09. The van der Waals surface area contributed by atoms with Gasteiger partial charge in [-0.05, 0) is 50.1 Å². The van der Waals surface area contributed by atoms with Gasteiger partial charge in [-0.2, -0.15) is 0 Å². The van der Waals surface area contributed by atoms with Crippen LogP contribution in [0, 0.1) is 0 Å². The second kappa shape index (κ2) is 9.18. The number of carbonyl (C=O) groups excluding carboxylic acids is 1. The van der Waals surface area contributed by atoms with Crippen LogP contribution < -0.4 is 14.8 Å². The summed E-state index contributed by atoms with van der Waals surface area (Å²) in [5, 5.41) is 2.74. The van der Waals surface area contributed by atoms with Crippen LogP contribution in [-0.4, -0.2) is 40.2 Å². The molecule has 0 spiro atoms. The van der Waals surface area contributed by atoms with Crippen molar-refractivity contribution in [3.8, 4) is 5.75 Å². The molecule has 7 nitrogen and oxygen atoms in total. The summed E-state index contributed by atoms with van der Waals surface area (Å²) in [6, 6.07) is 13.1. The molecule has 1 amide bonds. The highest BCUT2D eigenvalue weighted by Crippen LogP contribution is 2.28. The Morgan fingerprint density at radius 3 is 2.68 bits per heavy atom. The van der Waals surface area contributed by atoms with Crippen LogP contribution in [0.15, 0.2) is 53.4 Å². The van der Waals surface area contributed by atoms with Crippen LogP contribution in [0.3, 0.4) is 0 Å². The lowest BCUT2D eigenvalue weighted by Gasteiger charge is -2.15. The van der Waals surface area contributed by atoms with Gasteiger partial charge in [0.2, 0.25) is 10.0 Å². The van der Waals surface area contributed by atoms with Gasteiger partial charge in [0.25, 0.3) is 5.91 Å². The molecule has 0 saturated carbocycles. The number of hydrogen-bond donors (Lipinski definition) is 2. The summed E-state index contributed by atoms with van der Waals surface area (Å²) in [5.74, 6) is 0.0632. The fourth-order valence-electron chi connectivity index (χ4n) is 2.93. The molecule has 0 unspecified atom stereocenters. The quantitative estimate of drug-likeness (QED) is 0.706. The van der Waals surface area contributed by atoms with Crippen molar-refractivity contribution in [1.82, 2.24) is 4.72 Å². The molecular weight excluding hydrogens is 380 g/mol. The van der Waals surface area contributed by atoms with Crippen LogP contribution in [0.25, 0.3) is 0 Å². The first-order valence-corrected chi connectivity index (χ1v) is 10.7. The molecule has 0 radical (unpaired) electrons. The number of sulfonamides is 1. The first-order valence-electron chi connectivity index (χ1n) is 9.24. The van der Waals surface area contributed by atoms with Gasteiger partial charge in [-0.3, -0.25) is 4.79 Å². The maximum absolute atomic E-state index is 12.6. The van der Waals surface area contributed by atoms with Crippen LogP contribution in [0.2, 0.25) is 0 Å². The SMILES string of the molecule is CCOc1ccc(S(=O)(=O)NC[C@@H]2CCCO2)cc1NC(=O)c1ccccc1. The van der Waals surface area contributed by atoms with E-state index in [-0.39, 0.29) is 23.5 Å². The van der Waals surface area contributed by atoms with E-state index < -0.39 is 10.0 Å². The van der Waals surface area contributed by atoms with Gasteiger partial charge in [-0.1, -0.05) is 18.2 Å². The van der Waals surface area contributed by atoms with E-state index >= 15 is 0 Å². The van der Waals surface area contributed by atoms with E-state index in [1.54, 1.807) is 30.3 Å². The van der Waals surface area contributed by atoms with Gasteiger partial charge in [-0.15, -0.1) is 0 Å². The minimum Gasteiger partial charge on any atom is -0.492 e. The predicted molar refractivity (Wildman–Crippen MR) is 106 cm³/mol. The van der Waals surface area contributed by atoms with Crippen molar-refractivity contribution in [2.45, 2.75) is 30.8 Å². The van der Waals surface area contributed by atoms with Gasteiger partial charge < -0.3 is 14.8 Å². The van der Waals surface area contributed by atoms with Crippen molar-refractivity contribution in [3.05, 3.63) is 54.1 Å². The second-order valence-electron chi connectivity index (χ2n) is 6.40. The fraction of sp³-hybridized carbons (Fsp3) is 0.350.